The number of rotatable bonds is 6. The van der Waals surface area contributed by atoms with Crippen LogP contribution in [-0.2, 0) is 14.3 Å². The van der Waals surface area contributed by atoms with Gasteiger partial charge in [0.2, 0.25) is 11.4 Å². The monoisotopic (exact) mass is 486 g/mol. The molecule has 4 aliphatic carbocycles. The van der Waals surface area contributed by atoms with E-state index in [-0.39, 0.29) is 30.3 Å². The summed E-state index contributed by atoms with van der Waals surface area (Å²) >= 11 is 0. The summed E-state index contributed by atoms with van der Waals surface area (Å²) in [6.07, 6.45) is 9.96. The number of aliphatic hydroxyl groups excluding tert-OH is 1. The standard InChI is InChI=1S/C30H46O5/c1-8-35-27(33)30(34)16-29(7)22-13-14-28(6)20(19(5)10-9-18(4)17(2)3)11-12-21(28)25(22)24(31)15-23(29)26(30)32/h9-10,15,17-22,24-25,31,34H,8,11-14,16H2,1-7H3/b10-9+/t18?,19?,20-,21?,22+,24+,25+,28-,29-,30+/m1/s1. The predicted molar refractivity (Wildman–Crippen MR) is 136 cm³/mol. The third-order valence-electron chi connectivity index (χ3n) is 10.8. The Bertz CT molecular complexity index is 920. The molecule has 0 bridgehead atoms. The zero-order chi connectivity index (χ0) is 25.9. The minimum Gasteiger partial charge on any atom is -0.464 e. The Hall–Kier alpha value is -1.46. The van der Waals surface area contributed by atoms with Crippen LogP contribution in [0.4, 0.5) is 0 Å². The third kappa shape index (κ3) is 3.96. The zero-order valence-corrected chi connectivity index (χ0v) is 22.7. The maximum absolute atomic E-state index is 13.3. The second-order valence-corrected chi connectivity index (χ2v) is 12.9. The van der Waals surface area contributed by atoms with Crippen molar-refractivity contribution in [3.8, 4) is 0 Å². The molecule has 5 heteroatoms. The van der Waals surface area contributed by atoms with Crippen molar-refractivity contribution in [3.05, 3.63) is 23.8 Å². The summed E-state index contributed by atoms with van der Waals surface area (Å²) in [5, 5.41) is 22.6. The fraction of sp³-hybridized carbons (Fsp3) is 0.800. The van der Waals surface area contributed by atoms with Crippen LogP contribution in [0, 0.1) is 52.3 Å². The number of ether oxygens (including phenoxy) is 1. The van der Waals surface area contributed by atoms with Gasteiger partial charge in [0.25, 0.3) is 0 Å². The van der Waals surface area contributed by atoms with Gasteiger partial charge in [0.05, 0.1) is 12.7 Å². The van der Waals surface area contributed by atoms with Gasteiger partial charge in [0.15, 0.2) is 0 Å². The van der Waals surface area contributed by atoms with Crippen LogP contribution in [0.15, 0.2) is 23.8 Å². The van der Waals surface area contributed by atoms with Crippen LogP contribution in [-0.4, -0.2) is 40.3 Å². The number of esters is 1. The molecule has 3 fully saturated rings. The van der Waals surface area contributed by atoms with Crippen LogP contribution < -0.4 is 0 Å². The van der Waals surface area contributed by atoms with Crippen molar-refractivity contribution in [3.63, 3.8) is 0 Å². The first kappa shape index (κ1) is 26.6. The third-order valence-corrected chi connectivity index (χ3v) is 10.8. The molecule has 0 amide bonds. The van der Waals surface area contributed by atoms with Crippen molar-refractivity contribution in [2.75, 3.05) is 6.61 Å². The molecule has 0 radical (unpaired) electrons. The van der Waals surface area contributed by atoms with E-state index in [1.165, 1.54) is 0 Å². The molecule has 0 aromatic carbocycles. The predicted octanol–water partition coefficient (Wildman–Crippen LogP) is 5.10. The summed E-state index contributed by atoms with van der Waals surface area (Å²) in [6.45, 7) is 15.4. The van der Waals surface area contributed by atoms with Gasteiger partial charge in [-0.2, -0.15) is 0 Å². The zero-order valence-electron chi connectivity index (χ0n) is 22.7. The molecule has 0 heterocycles. The number of fused-ring (bicyclic) bond motifs is 5. The number of carbonyl (C=O) groups is 2. The topological polar surface area (TPSA) is 83.8 Å². The van der Waals surface area contributed by atoms with Crippen LogP contribution >= 0.6 is 0 Å². The fourth-order valence-electron chi connectivity index (χ4n) is 8.51. The average Bonchev–Trinajstić information content (AvgIpc) is 3.24. The Morgan fingerprint density at radius 2 is 1.83 bits per heavy atom. The van der Waals surface area contributed by atoms with E-state index in [9.17, 15) is 19.8 Å². The SMILES string of the molecule is CCOC(=O)[C@]1(O)C[C@@]2(C)C(=C[C@H](O)[C@H]3C4CC[C@H](C(C)/C=C/C(C)C(C)C)[C@@]4(C)CC[C@@H]32)C1=O. The van der Waals surface area contributed by atoms with Gasteiger partial charge in [-0.15, -0.1) is 0 Å². The molecule has 0 saturated heterocycles. The van der Waals surface area contributed by atoms with E-state index < -0.39 is 28.9 Å². The number of hydrogen-bond acceptors (Lipinski definition) is 5. The maximum Gasteiger partial charge on any atom is 0.346 e. The lowest BCUT2D eigenvalue weighted by atomic mass is 9.48. The normalized spacial score (nSPS) is 44.6. The number of allylic oxidation sites excluding steroid dienone is 2. The Balaban J connectivity index is 1.61. The highest BCUT2D eigenvalue weighted by atomic mass is 16.5. The van der Waals surface area contributed by atoms with Crippen LogP contribution in [0.25, 0.3) is 0 Å². The van der Waals surface area contributed by atoms with Crippen LogP contribution in [0.2, 0.25) is 0 Å². The second-order valence-electron chi connectivity index (χ2n) is 12.9. The van der Waals surface area contributed by atoms with Crippen LogP contribution in [0.5, 0.6) is 0 Å². The molecule has 0 aromatic rings. The summed E-state index contributed by atoms with van der Waals surface area (Å²) in [5.74, 6) is 1.26. The minimum absolute atomic E-state index is 0.0376. The van der Waals surface area contributed by atoms with Crippen molar-refractivity contribution in [1.29, 1.82) is 0 Å². The summed E-state index contributed by atoms with van der Waals surface area (Å²) in [4.78, 5) is 25.9. The van der Waals surface area contributed by atoms with E-state index in [4.69, 9.17) is 4.74 Å². The van der Waals surface area contributed by atoms with E-state index in [0.717, 1.165) is 25.7 Å². The van der Waals surface area contributed by atoms with Crippen molar-refractivity contribution >= 4 is 11.8 Å². The van der Waals surface area contributed by atoms with E-state index in [0.29, 0.717) is 35.2 Å². The number of Topliss-reactive ketones (excluding diaryl/α,β-unsaturated/α-hetero) is 1. The summed E-state index contributed by atoms with van der Waals surface area (Å²) in [5.41, 5.74) is -2.20. The van der Waals surface area contributed by atoms with Crippen molar-refractivity contribution < 1.29 is 24.5 Å². The largest absolute Gasteiger partial charge is 0.464 e. The first-order valence-corrected chi connectivity index (χ1v) is 13.8. The molecule has 3 saturated carbocycles. The number of aliphatic hydroxyl groups is 2. The fourth-order valence-corrected chi connectivity index (χ4v) is 8.51. The molecule has 0 aliphatic heterocycles. The highest BCUT2D eigenvalue weighted by Gasteiger charge is 2.68. The lowest BCUT2D eigenvalue weighted by Gasteiger charge is -2.56. The van der Waals surface area contributed by atoms with Gasteiger partial charge < -0.3 is 14.9 Å². The maximum atomic E-state index is 13.3. The van der Waals surface area contributed by atoms with Gasteiger partial charge in [0.1, 0.15) is 0 Å². The molecule has 0 spiro atoms. The van der Waals surface area contributed by atoms with E-state index in [2.05, 4.69) is 46.8 Å². The van der Waals surface area contributed by atoms with Gasteiger partial charge in [-0.1, -0.05) is 53.7 Å². The van der Waals surface area contributed by atoms with Gasteiger partial charge >= 0.3 is 5.97 Å². The van der Waals surface area contributed by atoms with Crippen LogP contribution in [0.1, 0.15) is 80.6 Å². The summed E-state index contributed by atoms with van der Waals surface area (Å²) in [6, 6.07) is 0. The quantitative estimate of drug-likeness (QED) is 0.310. The van der Waals surface area contributed by atoms with Gasteiger partial charge in [-0.25, -0.2) is 4.79 Å². The molecule has 4 aliphatic rings. The molecule has 10 atom stereocenters. The molecular weight excluding hydrogens is 440 g/mol. The number of hydrogen-bond donors (Lipinski definition) is 2. The Kier molecular flexibility index (Phi) is 6.94. The molecular formula is C30H46O5. The molecule has 2 N–H and O–H groups in total. The van der Waals surface area contributed by atoms with Crippen molar-refractivity contribution in [2.45, 2.75) is 92.3 Å². The van der Waals surface area contributed by atoms with Gasteiger partial charge in [-0.3, -0.25) is 4.79 Å². The lowest BCUT2D eigenvalue weighted by molar-refractivity contribution is -0.169. The molecule has 3 unspecified atom stereocenters. The number of ketones is 1. The minimum atomic E-state index is -2.14. The molecule has 35 heavy (non-hydrogen) atoms. The average molecular weight is 487 g/mol. The van der Waals surface area contributed by atoms with E-state index in [1.54, 1.807) is 13.0 Å². The smallest absolute Gasteiger partial charge is 0.346 e. The highest BCUT2D eigenvalue weighted by molar-refractivity contribution is 6.18. The summed E-state index contributed by atoms with van der Waals surface area (Å²) in [7, 11) is 0. The number of carbonyl (C=O) groups excluding carboxylic acids is 2. The molecule has 196 valence electrons. The van der Waals surface area contributed by atoms with Crippen molar-refractivity contribution in [1.82, 2.24) is 0 Å². The summed E-state index contributed by atoms with van der Waals surface area (Å²) < 4.78 is 5.09. The second kappa shape index (κ2) is 9.13. The first-order valence-electron chi connectivity index (χ1n) is 13.8. The van der Waals surface area contributed by atoms with Crippen LogP contribution in [0.3, 0.4) is 0 Å². The molecule has 0 aromatic heterocycles. The molecule has 5 nitrogen and oxygen atoms in total. The van der Waals surface area contributed by atoms with Gasteiger partial charge in [0, 0.05) is 17.4 Å². The molecule has 4 rings (SSSR count). The van der Waals surface area contributed by atoms with E-state index in [1.807, 2.05) is 6.92 Å². The lowest BCUT2D eigenvalue weighted by Crippen LogP contribution is -2.53. The van der Waals surface area contributed by atoms with E-state index >= 15 is 0 Å². The Labute approximate surface area is 211 Å². The first-order chi connectivity index (χ1) is 16.3. The highest BCUT2D eigenvalue weighted by Crippen LogP contribution is 2.68. The van der Waals surface area contributed by atoms with Crippen molar-refractivity contribution in [2.24, 2.45) is 52.3 Å². The Morgan fingerprint density at radius 3 is 2.46 bits per heavy atom. The Morgan fingerprint density at radius 1 is 1.14 bits per heavy atom. The van der Waals surface area contributed by atoms with Gasteiger partial charge in [-0.05, 0) is 85.5 Å².